The fourth-order valence-electron chi connectivity index (χ4n) is 2.80. The Morgan fingerprint density at radius 2 is 2.30 bits per heavy atom. The van der Waals surface area contributed by atoms with E-state index in [1.165, 1.54) is 13.2 Å². The van der Waals surface area contributed by atoms with Gasteiger partial charge in [0.2, 0.25) is 0 Å². The number of halogens is 1. The van der Waals surface area contributed by atoms with Gasteiger partial charge in [0.25, 0.3) is 0 Å². The molecule has 1 fully saturated rings. The Labute approximate surface area is 118 Å². The first kappa shape index (κ1) is 14.9. The molecule has 0 radical (unpaired) electrons. The molecular formula is C15H20FNO3. The van der Waals surface area contributed by atoms with Crippen molar-refractivity contribution in [1.82, 2.24) is 4.90 Å². The molecule has 1 saturated heterocycles. The van der Waals surface area contributed by atoms with E-state index in [1.54, 1.807) is 18.2 Å². The smallest absolute Gasteiger partial charge is 0.327 e. The van der Waals surface area contributed by atoms with Crippen LogP contribution in [0.4, 0.5) is 4.39 Å². The molecule has 0 aromatic heterocycles. The van der Waals surface area contributed by atoms with Gasteiger partial charge in [-0.15, -0.1) is 0 Å². The van der Waals surface area contributed by atoms with E-state index in [4.69, 9.17) is 9.84 Å². The molecular weight excluding hydrogens is 261 g/mol. The molecule has 0 bridgehead atoms. The summed E-state index contributed by atoms with van der Waals surface area (Å²) in [5, 5.41) is 9.00. The number of hydrogen-bond acceptors (Lipinski definition) is 4. The van der Waals surface area contributed by atoms with Crippen LogP contribution >= 0.6 is 0 Å². The zero-order chi connectivity index (χ0) is 14.5. The summed E-state index contributed by atoms with van der Waals surface area (Å²) < 4.78 is 18.8. The lowest BCUT2D eigenvalue weighted by Gasteiger charge is -2.26. The number of methoxy groups -OCH3 is 1. The Balaban J connectivity index is 2.21. The van der Waals surface area contributed by atoms with Crippen LogP contribution in [0.1, 0.15) is 24.4 Å². The Bertz CT molecular complexity index is 466. The van der Waals surface area contributed by atoms with Crippen LogP contribution in [0.2, 0.25) is 0 Å². The molecule has 4 nitrogen and oxygen atoms in total. The topological polar surface area (TPSA) is 49.8 Å². The average Bonchev–Trinajstić information content (AvgIpc) is 2.90. The Morgan fingerprint density at radius 1 is 1.55 bits per heavy atom. The van der Waals surface area contributed by atoms with Gasteiger partial charge in [0.1, 0.15) is 11.9 Å². The molecule has 1 aliphatic heterocycles. The molecule has 20 heavy (non-hydrogen) atoms. The minimum Gasteiger partial charge on any atom is -0.468 e. The number of benzene rings is 1. The van der Waals surface area contributed by atoms with Gasteiger partial charge in [-0.1, -0.05) is 18.2 Å². The van der Waals surface area contributed by atoms with Crippen LogP contribution in [-0.2, 0) is 9.53 Å². The van der Waals surface area contributed by atoms with Crippen LogP contribution in [0.3, 0.4) is 0 Å². The Hall–Kier alpha value is -1.46. The zero-order valence-corrected chi connectivity index (χ0v) is 11.6. The third-order valence-electron chi connectivity index (χ3n) is 3.84. The van der Waals surface area contributed by atoms with Crippen LogP contribution in [0, 0.1) is 11.7 Å². The fraction of sp³-hybridized carbons (Fsp3) is 0.533. The van der Waals surface area contributed by atoms with Crippen LogP contribution < -0.4 is 0 Å². The van der Waals surface area contributed by atoms with Crippen LogP contribution in [-0.4, -0.2) is 42.8 Å². The number of carbonyl (C=O) groups is 1. The third kappa shape index (κ3) is 3.16. The maximum Gasteiger partial charge on any atom is 0.327 e. The summed E-state index contributed by atoms with van der Waals surface area (Å²) in [4.78, 5) is 14.0. The van der Waals surface area contributed by atoms with E-state index in [0.29, 0.717) is 31.0 Å². The van der Waals surface area contributed by atoms with Gasteiger partial charge in [0.15, 0.2) is 0 Å². The van der Waals surface area contributed by atoms with Gasteiger partial charge < -0.3 is 9.84 Å². The lowest BCUT2D eigenvalue weighted by Crippen LogP contribution is -2.34. The second-order valence-corrected chi connectivity index (χ2v) is 5.11. The largest absolute Gasteiger partial charge is 0.468 e. The summed E-state index contributed by atoms with van der Waals surface area (Å²) in [6, 6.07) is 5.59. The van der Waals surface area contributed by atoms with Crippen molar-refractivity contribution in [3.8, 4) is 0 Å². The van der Waals surface area contributed by atoms with Crippen molar-refractivity contribution < 1.29 is 19.0 Å². The summed E-state index contributed by atoms with van der Waals surface area (Å²) in [6.07, 6.45) is 1.62. The zero-order valence-electron chi connectivity index (χ0n) is 11.6. The number of aliphatic hydroxyl groups is 1. The van der Waals surface area contributed by atoms with Crippen molar-refractivity contribution in [2.75, 3.05) is 26.8 Å². The Kier molecular flexibility index (Phi) is 5.09. The highest BCUT2D eigenvalue weighted by Crippen LogP contribution is 2.31. The molecule has 110 valence electrons. The SMILES string of the molecule is COC(=O)[C@@H](c1ccccc1F)N1CC[C@@H](CCO)C1. The van der Waals surface area contributed by atoms with Crippen molar-refractivity contribution in [2.24, 2.45) is 5.92 Å². The number of esters is 1. The molecule has 1 N–H and O–H groups in total. The van der Waals surface area contributed by atoms with Crippen LogP contribution in [0.25, 0.3) is 0 Å². The molecule has 2 atom stereocenters. The number of hydrogen-bond donors (Lipinski definition) is 1. The highest BCUT2D eigenvalue weighted by atomic mass is 19.1. The molecule has 0 saturated carbocycles. The molecule has 1 aromatic rings. The maximum absolute atomic E-state index is 14.0. The van der Waals surface area contributed by atoms with Gasteiger partial charge in [-0.05, 0) is 31.4 Å². The van der Waals surface area contributed by atoms with E-state index in [0.717, 1.165) is 6.42 Å². The van der Waals surface area contributed by atoms with Gasteiger partial charge in [-0.25, -0.2) is 9.18 Å². The summed E-state index contributed by atoms with van der Waals surface area (Å²) >= 11 is 0. The van der Waals surface area contributed by atoms with Gasteiger partial charge in [-0.2, -0.15) is 0 Å². The lowest BCUT2D eigenvalue weighted by molar-refractivity contribution is -0.147. The van der Waals surface area contributed by atoms with Crippen LogP contribution in [0.15, 0.2) is 24.3 Å². The summed E-state index contributed by atoms with van der Waals surface area (Å²) in [6.45, 7) is 1.52. The number of rotatable bonds is 5. The predicted octanol–water partition coefficient (Wildman–Crippen LogP) is 1.74. The minimum atomic E-state index is -0.704. The molecule has 0 aliphatic carbocycles. The molecule has 1 heterocycles. The first-order valence-corrected chi connectivity index (χ1v) is 6.84. The van der Waals surface area contributed by atoms with Crippen LogP contribution in [0.5, 0.6) is 0 Å². The number of ether oxygens (including phenoxy) is 1. The highest BCUT2D eigenvalue weighted by Gasteiger charge is 2.35. The van der Waals surface area contributed by atoms with Gasteiger partial charge in [0.05, 0.1) is 7.11 Å². The molecule has 1 aliphatic rings. The lowest BCUT2D eigenvalue weighted by atomic mass is 10.0. The summed E-state index contributed by atoms with van der Waals surface area (Å²) in [5.41, 5.74) is 0.351. The minimum absolute atomic E-state index is 0.140. The first-order valence-electron chi connectivity index (χ1n) is 6.84. The van der Waals surface area contributed by atoms with E-state index in [2.05, 4.69) is 0 Å². The molecule has 1 aromatic carbocycles. The standard InChI is InChI=1S/C15H20FNO3/c1-20-15(19)14(12-4-2-3-5-13(12)16)17-8-6-11(10-17)7-9-18/h2-5,11,14,18H,6-10H2,1H3/t11-,14+/m0/s1. The van der Waals surface area contributed by atoms with Crippen molar-refractivity contribution in [3.05, 3.63) is 35.6 Å². The van der Waals surface area contributed by atoms with E-state index < -0.39 is 17.8 Å². The molecule has 0 amide bonds. The molecule has 0 unspecified atom stereocenters. The second kappa shape index (κ2) is 6.81. The first-order chi connectivity index (χ1) is 9.67. The number of likely N-dealkylation sites (tertiary alicyclic amines) is 1. The molecule has 0 spiro atoms. The molecule has 2 rings (SSSR count). The van der Waals surface area contributed by atoms with E-state index >= 15 is 0 Å². The van der Waals surface area contributed by atoms with Crippen molar-refractivity contribution >= 4 is 5.97 Å². The quantitative estimate of drug-likeness (QED) is 0.835. The van der Waals surface area contributed by atoms with Crippen molar-refractivity contribution in [2.45, 2.75) is 18.9 Å². The van der Waals surface area contributed by atoms with Gasteiger partial charge in [0, 0.05) is 18.7 Å². The number of carbonyl (C=O) groups excluding carboxylic acids is 1. The van der Waals surface area contributed by atoms with E-state index in [1.807, 2.05) is 4.90 Å². The van der Waals surface area contributed by atoms with Gasteiger partial charge in [-0.3, -0.25) is 4.90 Å². The predicted molar refractivity (Wildman–Crippen MR) is 72.5 cm³/mol. The monoisotopic (exact) mass is 281 g/mol. The van der Waals surface area contributed by atoms with E-state index in [-0.39, 0.29) is 6.61 Å². The van der Waals surface area contributed by atoms with E-state index in [9.17, 15) is 9.18 Å². The van der Waals surface area contributed by atoms with Crippen molar-refractivity contribution in [1.29, 1.82) is 0 Å². The maximum atomic E-state index is 14.0. The summed E-state index contributed by atoms with van der Waals surface area (Å²) in [7, 11) is 1.32. The Morgan fingerprint density at radius 3 is 2.95 bits per heavy atom. The fourth-order valence-corrected chi connectivity index (χ4v) is 2.80. The van der Waals surface area contributed by atoms with Crippen molar-refractivity contribution in [3.63, 3.8) is 0 Å². The molecule has 5 heteroatoms. The second-order valence-electron chi connectivity index (χ2n) is 5.11. The highest BCUT2D eigenvalue weighted by molar-refractivity contribution is 5.77. The van der Waals surface area contributed by atoms with Gasteiger partial charge >= 0.3 is 5.97 Å². The normalized spacial score (nSPS) is 20.9. The summed E-state index contributed by atoms with van der Waals surface area (Å²) in [5.74, 6) is -0.493. The number of aliphatic hydroxyl groups excluding tert-OH is 1. The third-order valence-corrected chi connectivity index (χ3v) is 3.84. The average molecular weight is 281 g/mol. The number of nitrogens with zero attached hydrogens (tertiary/aromatic N) is 1.